The maximum atomic E-state index is 12.4. The number of sulfonamides is 1. The summed E-state index contributed by atoms with van der Waals surface area (Å²) in [6.45, 7) is -0.0751. The molecule has 0 aliphatic carbocycles. The fraction of sp³-hybridized carbons (Fsp3) is 0.158. The zero-order valence-electron chi connectivity index (χ0n) is 15.3. The minimum atomic E-state index is -3.51. The van der Waals surface area contributed by atoms with Crippen molar-refractivity contribution in [2.75, 3.05) is 14.1 Å². The Morgan fingerprint density at radius 3 is 2.61 bits per heavy atom. The highest BCUT2D eigenvalue weighted by Gasteiger charge is 2.18. The molecule has 4 rings (SSSR count). The molecule has 144 valence electrons. The van der Waals surface area contributed by atoms with Crippen LogP contribution in [-0.4, -0.2) is 46.3 Å². The summed E-state index contributed by atoms with van der Waals surface area (Å²) in [5.41, 5.74) is 3.87. The van der Waals surface area contributed by atoms with Crippen molar-refractivity contribution >= 4 is 27.0 Å². The van der Waals surface area contributed by atoms with E-state index in [-0.39, 0.29) is 11.5 Å². The number of benzene rings is 1. The van der Waals surface area contributed by atoms with E-state index in [0.717, 1.165) is 22.5 Å². The number of pyridine rings is 1. The Labute approximate surface area is 166 Å². The number of imidazole rings is 1. The Kier molecular flexibility index (Phi) is 4.76. The van der Waals surface area contributed by atoms with Crippen LogP contribution >= 0.6 is 11.3 Å². The van der Waals surface area contributed by atoms with Crippen molar-refractivity contribution < 1.29 is 13.5 Å². The Morgan fingerprint density at radius 2 is 1.89 bits per heavy atom. The second kappa shape index (κ2) is 7.10. The summed E-state index contributed by atoms with van der Waals surface area (Å²) in [5, 5.41) is 11.8. The molecule has 9 heteroatoms. The molecule has 1 N–H and O–H groups in total. The minimum absolute atomic E-state index is 0.0751. The van der Waals surface area contributed by atoms with Crippen molar-refractivity contribution in [3.05, 3.63) is 59.2 Å². The van der Waals surface area contributed by atoms with Crippen LogP contribution in [0.25, 0.3) is 28.2 Å². The molecule has 0 spiro atoms. The number of hydrogen-bond acceptors (Lipinski definition) is 6. The highest BCUT2D eigenvalue weighted by molar-refractivity contribution is 7.89. The van der Waals surface area contributed by atoms with Gasteiger partial charge in [-0.2, -0.15) is 0 Å². The second-order valence-corrected chi connectivity index (χ2v) is 9.50. The number of hydrogen-bond donors (Lipinski definition) is 1. The number of aromatic nitrogens is 3. The van der Waals surface area contributed by atoms with E-state index >= 15 is 0 Å². The highest BCUT2D eigenvalue weighted by Crippen LogP contribution is 2.26. The molecule has 3 heterocycles. The van der Waals surface area contributed by atoms with Crippen LogP contribution in [-0.2, 0) is 16.6 Å². The third-order valence-electron chi connectivity index (χ3n) is 4.34. The van der Waals surface area contributed by atoms with E-state index in [9.17, 15) is 13.5 Å². The van der Waals surface area contributed by atoms with Gasteiger partial charge in [0.15, 0.2) is 0 Å². The van der Waals surface area contributed by atoms with Crippen LogP contribution < -0.4 is 0 Å². The molecule has 1 aromatic carbocycles. The Bertz CT molecular complexity index is 1260. The average Bonchev–Trinajstić information content (AvgIpc) is 3.34. The topological polar surface area (TPSA) is 87.8 Å². The van der Waals surface area contributed by atoms with Crippen molar-refractivity contribution in [1.82, 2.24) is 18.7 Å². The van der Waals surface area contributed by atoms with E-state index < -0.39 is 10.0 Å². The zero-order chi connectivity index (χ0) is 19.9. The molecule has 0 amide bonds. The molecular formula is C19H18N4O3S2. The summed E-state index contributed by atoms with van der Waals surface area (Å²) in [4.78, 5) is 9.22. The second-order valence-electron chi connectivity index (χ2n) is 6.41. The number of aliphatic hydroxyl groups excluding tert-OH is 1. The summed E-state index contributed by atoms with van der Waals surface area (Å²) in [5.74, 6) is 0. The van der Waals surface area contributed by atoms with Gasteiger partial charge in [0.25, 0.3) is 0 Å². The average molecular weight is 415 g/mol. The van der Waals surface area contributed by atoms with Gasteiger partial charge in [-0.1, -0.05) is 12.1 Å². The molecule has 28 heavy (non-hydrogen) atoms. The van der Waals surface area contributed by atoms with E-state index in [1.165, 1.54) is 29.7 Å². The van der Waals surface area contributed by atoms with Crippen LogP contribution in [0.4, 0.5) is 0 Å². The van der Waals surface area contributed by atoms with Crippen molar-refractivity contribution in [2.45, 2.75) is 11.5 Å². The molecular weight excluding hydrogens is 396 g/mol. The van der Waals surface area contributed by atoms with Crippen LogP contribution in [0.5, 0.6) is 0 Å². The number of nitrogens with zero attached hydrogens (tertiary/aromatic N) is 4. The van der Waals surface area contributed by atoms with Gasteiger partial charge in [-0.3, -0.25) is 0 Å². The van der Waals surface area contributed by atoms with Gasteiger partial charge in [-0.15, -0.1) is 11.3 Å². The van der Waals surface area contributed by atoms with Gasteiger partial charge >= 0.3 is 0 Å². The van der Waals surface area contributed by atoms with Gasteiger partial charge in [0.2, 0.25) is 10.0 Å². The number of aliphatic hydroxyl groups is 1. The fourth-order valence-corrected chi connectivity index (χ4v) is 4.44. The van der Waals surface area contributed by atoms with Gasteiger partial charge in [0, 0.05) is 43.0 Å². The molecule has 0 radical (unpaired) electrons. The number of rotatable bonds is 5. The third kappa shape index (κ3) is 3.33. The summed E-state index contributed by atoms with van der Waals surface area (Å²) in [6.07, 6.45) is 3.78. The highest BCUT2D eigenvalue weighted by atomic mass is 32.2. The van der Waals surface area contributed by atoms with Crippen molar-refractivity contribution in [1.29, 1.82) is 0 Å². The molecule has 0 bridgehead atoms. The molecule has 0 aliphatic rings. The quantitative estimate of drug-likeness (QED) is 0.543. The summed E-state index contributed by atoms with van der Waals surface area (Å²) < 4.78 is 27.9. The summed E-state index contributed by atoms with van der Waals surface area (Å²) in [6, 6.07) is 10.6. The van der Waals surface area contributed by atoms with Gasteiger partial charge in [-0.05, 0) is 24.3 Å². The SMILES string of the molecule is CN(C)S(=O)(=O)c1cccc(-c2cn3cc(-c4csc(CO)n4)ccc3n2)c1. The third-order valence-corrected chi connectivity index (χ3v) is 6.99. The van der Waals surface area contributed by atoms with Crippen LogP contribution in [0.1, 0.15) is 5.01 Å². The van der Waals surface area contributed by atoms with E-state index in [1.54, 1.807) is 18.2 Å². The predicted molar refractivity (Wildman–Crippen MR) is 109 cm³/mol. The first-order chi connectivity index (χ1) is 13.4. The van der Waals surface area contributed by atoms with Crippen molar-refractivity contribution in [3.63, 3.8) is 0 Å². The van der Waals surface area contributed by atoms with Crippen LogP contribution in [0.3, 0.4) is 0 Å². The minimum Gasteiger partial charge on any atom is -0.389 e. The molecule has 4 aromatic rings. The molecule has 0 unspecified atom stereocenters. The first-order valence-corrected chi connectivity index (χ1v) is 10.8. The first kappa shape index (κ1) is 18.8. The maximum absolute atomic E-state index is 12.4. The van der Waals surface area contributed by atoms with Gasteiger partial charge in [-0.25, -0.2) is 22.7 Å². The molecule has 7 nitrogen and oxygen atoms in total. The Hall–Kier alpha value is -2.59. The Balaban J connectivity index is 1.74. The van der Waals surface area contributed by atoms with E-state index in [0.29, 0.717) is 10.7 Å². The summed E-state index contributed by atoms with van der Waals surface area (Å²) in [7, 11) is -0.491. The molecule has 0 atom stereocenters. The number of fused-ring (bicyclic) bond motifs is 1. The Morgan fingerprint density at radius 1 is 1.07 bits per heavy atom. The van der Waals surface area contributed by atoms with E-state index in [2.05, 4.69) is 9.97 Å². The molecule has 0 saturated heterocycles. The van der Waals surface area contributed by atoms with Crippen molar-refractivity contribution in [3.8, 4) is 22.5 Å². The molecule has 3 aromatic heterocycles. The molecule has 0 saturated carbocycles. The van der Waals surface area contributed by atoms with E-state index in [4.69, 9.17) is 0 Å². The number of thiazole rings is 1. The van der Waals surface area contributed by atoms with Crippen LogP contribution in [0, 0.1) is 0 Å². The lowest BCUT2D eigenvalue weighted by atomic mass is 10.2. The molecule has 0 aliphatic heterocycles. The smallest absolute Gasteiger partial charge is 0.242 e. The van der Waals surface area contributed by atoms with Crippen molar-refractivity contribution in [2.24, 2.45) is 0 Å². The van der Waals surface area contributed by atoms with E-state index in [1.807, 2.05) is 40.4 Å². The van der Waals surface area contributed by atoms with Crippen LogP contribution in [0.15, 0.2) is 59.1 Å². The van der Waals surface area contributed by atoms with Gasteiger partial charge < -0.3 is 9.51 Å². The standard InChI is InChI=1S/C19H18N4O3S2/c1-22(2)28(25,26)15-5-3-4-13(8-15)16-10-23-9-14(6-7-18(23)20-16)17-12-27-19(11-24)21-17/h3-10,12,24H,11H2,1-2H3. The zero-order valence-corrected chi connectivity index (χ0v) is 16.9. The summed E-state index contributed by atoms with van der Waals surface area (Å²) >= 11 is 1.41. The lowest BCUT2D eigenvalue weighted by Crippen LogP contribution is -2.22. The van der Waals surface area contributed by atoms with Gasteiger partial charge in [0.05, 0.1) is 22.9 Å². The fourth-order valence-electron chi connectivity index (χ4n) is 2.83. The lowest BCUT2D eigenvalue weighted by Gasteiger charge is -2.11. The van der Waals surface area contributed by atoms with Crippen LogP contribution in [0.2, 0.25) is 0 Å². The van der Waals surface area contributed by atoms with Gasteiger partial charge in [0.1, 0.15) is 10.7 Å². The largest absolute Gasteiger partial charge is 0.389 e. The predicted octanol–water partition coefficient (Wildman–Crippen LogP) is 2.87. The lowest BCUT2D eigenvalue weighted by molar-refractivity contribution is 0.281. The first-order valence-electron chi connectivity index (χ1n) is 8.46. The molecule has 0 fully saturated rings. The maximum Gasteiger partial charge on any atom is 0.242 e. The normalized spacial score (nSPS) is 12.1. The monoisotopic (exact) mass is 414 g/mol.